The Morgan fingerprint density at radius 2 is 1.86 bits per heavy atom. The highest BCUT2D eigenvalue weighted by Crippen LogP contribution is 2.35. The van der Waals surface area contributed by atoms with Crippen LogP contribution in [0.3, 0.4) is 0 Å². The van der Waals surface area contributed by atoms with Gasteiger partial charge in [-0.2, -0.15) is 13.2 Å². The van der Waals surface area contributed by atoms with Gasteiger partial charge in [-0.3, -0.25) is 14.8 Å². The molecule has 0 aliphatic carbocycles. The number of hydrogen-bond acceptors (Lipinski definition) is 3. The molecule has 1 aromatic carbocycles. The maximum atomic E-state index is 13.5. The van der Waals surface area contributed by atoms with E-state index in [1.807, 2.05) is 0 Å². The van der Waals surface area contributed by atoms with Gasteiger partial charge in [0, 0.05) is 18.6 Å². The Kier molecular flexibility index (Phi) is 5.91. The van der Waals surface area contributed by atoms with Gasteiger partial charge in [-0.1, -0.05) is 24.3 Å². The van der Waals surface area contributed by atoms with Gasteiger partial charge < -0.3 is 5.32 Å². The summed E-state index contributed by atoms with van der Waals surface area (Å²) in [6.07, 6.45) is -0.538. The number of aromatic nitrogens is 2. The topological polar surface area (TPSA) is 54.9 Å². The van der Waals surface area contributed by atoms with Crippen molar-refractivity contribution in [1.82, 2.24) is 15.3 Å². The molecule has 150 valence electrons. The first-order valence-corrected chi connectivity index (χ1v) is 8.69. The molecular formula is C21H17F4N3O. The number of nitrogens with one attached hydrogen (secondary N) is 1. The van der Waals surface area contributed by atoms with Gasteiger partial charge >= 0.3 is 6.18 Å². The highest BCUT2D eigenvalue weighted by molar-refractivity contribution is 5.94. The number of aryl methyl sites for hydroxylation is 1. The van der Waals surface area contributed by atoms with Crippen LogP contribution in [-0.2, 0) is 12.9 Å². The molecule has 8 heteroatoms. The molecule has 1 amide bonds. The number of rotatable bonds is 5. The van der Waals surface area contributed by atoms with Gasteiger partial charge in [0.1, 0.15) is 6.67 Å². The van der Waals surface area contributed by atoms with E-state index < -0.39 is 30.4 Å². The molecule has 1 N–H and O–H groups in total. The predicted octanol–water partition coefficient (Wildman–Crippen LogP) is 4.79. The highest BCUT2D eigenvalue weighted by atomic mass is 19.4. The van der Waals surface area contributed by atoms with Crippen molar-refractivity contribution in [3.05, 3.63) is 94.6 Å². The molecule has 4 nitrogen and oxygen atoms in total. The van der Waals surface area contributed by atoms with Crippen molar-refractivity contribution in [2.24, 2.45) is 0 Å². The molecule has 0 bridgehead atoms. The summed E-state index contributed by atoms with van der Waals surface area (Å²) in [5.41, 5.74) is 0.360. The lowest BCUT2D eigenvalue weighted by Gasteiger charge is -2.22. The zero-order chi connectivity index (χ0) is 21.0. The summed E-state index contributed by atoms with van der Waals surface area (Å²) >= 11 is 0. The number of benzene rings is 1. The lowest BCUT2D eigenvalue weighted by molar-refractivity contribution is -0.138. The Hall–Kier alpha value is -3.29. The molecule has 0 aliphatic heterocycles. The lowest BCUT2D eigenvalue weighted by atomic mass is 9.97. The number of amides is 1. The molecule has 0 unspecified atom stereocenters. The minimum Gasteiger partial charge on any atom is -0.339 e. The fourth-order valence-electron chi connectivity index (χ4n) is 2.89. The average Bonchev–Trinajstić information content (AvgIpc) is 2.71. The van der Waals surface area contributed by atoms with Crippen LogP contribution in [0.25, 0.3) is 0 Å². The molecule has 0 aliphatic rings. The van der Waals surface area contributed by atoms with E-state index in [9.17, 15) is 22.4 Å². The molecular weight excluding hydrogens is 386 g/mol. The fraction of sp³-hybridized carbons (Fsp3) is 0.190. The van der Waals surface area contributed by atoms with Crippen molar-refractivity contribution in [2.75, 3.05) is 0 Å². The third-order valence-corrected chi connectivity index (χ3v) is 4.30. The lowest BCUT2D eigenvalue weighted by Crippen LogP contribution is -2.31. The molecule has 0 saturated heterocycles. The molecule has 0 spiro atoms. The Labute approximate surface area is 164 Å². The number of alkyl halides is 4. The van der Waals surface area contributed by atoms with Gasteiger partial charge in [0.05, 0.1) is 22.9 Å². The van der Waals surface area contributed by atoms with E-state index in [-0.39, 0.29) is 11.3 Å². The van der Waals surface area contributed by atoms with E-state index in [1.54, 1.807) is 19.2 Å². The quantitative estimate of drug-likeness (QED) is 0.623. The monoisotopic (exact) mass is 403 g/mol. The second-order valence-corrected chi connectivity index (χ2v) is 6.47. The minimum absolute atomic E-state index is 0.208. The highest BCUT2D eigenvalue weighted by Gasteiger charge is 2.37. The maximum absolute atomic E-state index is 13.5. The first kappa shape index (κ1) is 20.4. The van der Waals surface area contributed by atoms with Crippen LogP contribution in [0.5, 0.6) is 0 Å². The van der Waals surface area contributed by atoms with Gasteiger partial charge in [0.25, 0.3) is 5.91 Å². The molecule has 29 heavy (non-hydrogen) atoms. The van der Waals surface area contributed by atoms with Crippen LogP contribution in [0.2, 0.25) is 0 Å². The molecule has 0 radical (unpaired) electrons. The zero-order valence-corrected chi connectivity index (χ0v) is 15.4. The summed E-state index contributed by atoms with van der Waals surface area (Å²) in [6.45, 7) is 1.04. The summed E-state index contributed by atoms with van der Waals surface area (Å²) in [5.74, 6) is -0.598. The predicted molar refractivity (Wildman–Crippen MR) is 98.8 cm³/mol. The SMILES string of the molecule is Cc1cncc(C(=O)N[C@@H](c2ccc(CF)cc2)c2ncccc2C(F)(F)F)c1. The standard InChI is InChI=1S/C21H17F4N3O/c1-13-9-16(12-26-11-13)20(29)28-18(15-6-4-14(10-22)5-7-15)19-17(21(23,24)25)3-2-8-27-19/h2-9,11-12,18H,10H2,1H3,(H,28,29)/t18-/m0/s1. The van der Waals surface area contributed by atoms with Crippen molar-refractivity contribution in [2.45, 2.75) is 25.8 Å². The van der Waals surface area contributed by atoms with Crippen LogP contribution in [0.4, 0.5) is 17.6 Å². The molecule has 1 atom stereocenters. The Balaban J connectivity index is 2.06. The van der Waals surface area contributed by atoms with Gasteiger partial charge in [-0.15, -0.1) is 0 Å². The van der Waals surface area contributed by atoms with Gasteiger partial charge in [0.15, 0.2) is 0 Å². The van der Waals surface area contributed by atoms with E-state index >= 15 is 0 Å². The number of hydrogen-bond donors (Lipinski definition) is 1. The van der Waals surface area contributed by atoms with Crippen molar-refractivity contribution in [3.8, 4) is 0 Å². The number of nitrogens with zero attached hydrogens (tertiary/aromatic N) is 2. The largest absolute Gasteiger partial charge is 0.418 e. The second-order valence-electron chi connectivity index (χ2n) is 6.47. The molecule has 0 fully saturated rings. The summed E-state index contributed by atoms with van der Waals surface area (Å²) in [6, 6.07) is 8.35. The normalized spacial score (nSPS) is 12.4. The summed E-state index contributed by atoms with van der Waals surface area (Å²) in [5, 5.41) is 2.61. The summed E-state index contributed by atoms with van der Waals surface area (Å²) in [7, 11) is 0. The number of halogens is 4. The van der Waals surface area contributed by atoms with E-state index in [0.717, 1.165) is 11.6 Å². The fourth-order valence-corrected chi connectivity index (χ4v) is 2.89. The number of carbonyl (C=O) groups excluding carboxylic acids is 1. The second kappa shape index (κ2) is 8.38. The smallest absolute Gasteiger partial charge is 0.339 e. The van der Waals surface area contributed by atoms with E-state index in [4.69, 9.17) is 0 Å². The van der Waals surface area contributed by atoms with Crippen LogP contribution in [0, 0.1) is 6.92 Å². The molecule has 0 saturated carbocycles. The van der Waals surface area contributed by atoms with Crippen molar-refractivity contribution < 1.29 is 22.4 Å². The van der Waals surface area contributed by atoms with Crippen LogP contribution < -0.4 is 5.32 Å². The molecule has 2 aromatic heterocycles. The number of pyridine rings is 2. The van der Waals surface area contributed by atoms with Crippen molar-refractivity contribution >= 4 is 5.91 Å². The molecule has 2 heterocycles. The van der Waals surface area contributed by atoms with Crippen molar-refractivity contribution in [1.29, 1.82) is 0 Å². The van der Waals surface area contributed by atoms with Gasteiger partial charge in [-0.05, 0) is 41.8 Å². The van der Waals surface area contributed by atoms with Crippen LogP contribution in [-0.4, -0.2) is 15.9 Å². The van der Waals surface area contributed by atoms with Gasteiger partial charge in [-0.25, -0.2) is 4.39 Å². The zero-order valence-electron chi connectivity index (χ0n) is 15.4. The maximum Gasteiger partial charge on any atom is 0.418 e. The molecule has 3 aromatic rings. The van der Waals surface area contributed by atoms with E-state index in [2.05, 4.69) is 15.3 Å². The third-order valence-electron chi connectivity index (χ3n) is 4.30. The summed E-state index contributed by atoms with van der Waals surface area (Å²) in [4.78, 5) is 20.6. The van der Waals surface area contributed by atoms with Crippen LogP contribution in [0.15, 0.2) is 61.1 Å². The van der Waals surface area contributed by atoms with E-state index in [1.165, 1.54) is 42.7 Å². The van der Waals surface area contributed by atoms with Crippen LogP contribution in [0.1, 0.15) is 44.3 Å². The van der Waals surface area contributed by atoms with Crippen LogP contribution >= 0.6 is 0 Å². The Morgan fingerprint density at radius 3 is 2.48 bits per heavy atom. The van der Waals surface area contributed by atoms with Gasteiger partial charge in [0.2, 0.25) is 0 Å². The third kappa shape index (κ3) is 4.77. The van der Waals surface area contributed by atoms with E-state index in [0.29, 0.717) is 11.1 Å². The molecule has 3 rings (SSSR count). The Bertz CT molecular complexity index is 1000. The summed E-state index contributed by atoms with van der Waals surface area (Å²) < 4.78 is 53.5. The number of carbonyl (C=O) groups is 1. The minimum atomic E-state index is -4.66. The van der Waals surface area contributed by atoms with Crippen molar-refractivity contribution in [3.63, 3.8) is 0 Å². The first-order chi connectivity index (χ1) is 13.8. The Morgan fingerprint density at radius 1 is 1.14 bits per heavy atom. The average molecular weight is 403 g/mol. The first-order valence-electron chi connectivity index (χ1n) is 8.69.